The van der Waals surface area contributed by atoms with Gasteiger partial charge < -0.3 is 8.98 Å². The molecule has 1 radical (unpaired) electrons. The van der Waals surface area contributed by atoms with E-state index in [1.54, 1.807) is 4.40 Å². The van der Waals surface area contributed by atoms with Gasteiger partial charge in [0.05, 0.1) is 22.4 Å². The second-order valence-corrected chi connectivity index (χ2v) is 29.0. The van der Waals surface area contributed by atoms with Gasteiger partial charge in [-0.05, 0) is 69.8 Å². The molecule has 62 heavy (non-hydrogen) atoms. The second kappa shape index (κ2) is 18.7. The summed E-state index contributed by atoms with van der Waals surface area (Å²) >= 11 is -1.86. The number of aryl methyl sites for hydroxylation is 1. The van der Waals surface area contributed by atoms with Crippen LogP contribution in [0.1, 0.15) is 75.6 Å². The van der Waals surface area contributed by atoms with E-state index < -0.39 is 13.3 Å². The molecule has 0 saturated carbocycles. The molecule has 0 aliphatic rings. The van der Waals surface area contributed by atoms with Crippen LogP contribution in [0.4, 0.5) is 0 Å². The maximum absolute atomic E-state index is 6.31. The molecule has 0 fully saturated rings. The van der Waals surface area contributed by atoms with Crippen molar-refractivity contribution in [2.75, 3.05) is 0 Å². The Morgan fingerprint density at radius 1 is 0.710 bits per heavy atom. The van der Waals surface area contributed by atoms with E-state index in [0.717, 1.165) is 67.6 Å². The number of rotatable bonds is 9. The zero-order valence-electron chi connectivity index (χ0n) is 37.7. The van der Waals surface area contributed by atoms with Gasteiger partial charge in [-0.2, -0.15) is 0 Å². The molecule has 0 amide bonds. The molecule has 0 N–H and O–H groups in total. The molecule has 0 aliphatic carbocycles. The van der Waals surface area contributed by atoms with Gasteiger partial charge in [0.15, 0.2) is 0 Å². The van der Waals surface area contributed by atoms with Crippen LogP contribution in [0.25, 0.3) is 72.4 Å². The number of imidazole rings is 1. The largest absolute Gasteiger partial charge is 0.477 e. The van der Waals surface area contributed by atoms with Gasteiger partial charge in [0, 0.05) is 25.8 Å². The molecule has 3 heterocycles. The van der Waals surface area contributed by atoms with Crippen molar-refractivity contribution in [2.45, 2.75) is 84.0 Å². The minimum atomic E-state index is -1.86. The van der Waals surface area contributed by atoms with E-state index in [0.29, 0.717) is 17.8 Å². The van der Waals surface area contributed by atoms with Gasteiger partial charge in [0.1, 0.15) is 5.58 Å². The number of nitrogens with zero attached hydrogens (tertiary/aromatic N) is 3. The monoisotopic (exact) mass is 1050 g/mol. The maximum atomic E-state index is 6.31. The number of furan rings is 1. The van der Waals surface area contributed by atoms with Crippen molar-refractivity contribution < 1.29 is 24.5 Å². The van der Waals surface area contributed by atoms with E-state index in [4.69, 9.17) is 14.4 Å². The average Bonchev–Trinajstić information content (AvgIpc) is 3.82. The number of fused-ring (bicyclic) bond motifs is 4. The molecule has 0 aliphatic heterocycles. The zero-order valence-corrected chi connectivity index (χ0v) is 42.2. The fourth-order valence-corrected chi connectivity index (χ4v) is 12.0. The van der Waals surface area contributed by atoms with Gasteiger partial charge in [-0.3, -0.25) is 4.98 Å². The van der Waals surface area contributed by atoms with Gasteiger partial charge in [-0.15, -0.1) is 17.2 Å². The molecule has 9 rings (SSSR count). The predicted molar refractivity (Wildman–Crippen MR) is 261 cm³/mol. The van der Waals surface area contributed by atoms with Crippen LogP contribution >= 0.6 is 0 Å². The summed E-state index contributed by atoms with van der Waals surface area (Å²) in [6.07, 6.45) is 3.27. The van der Waals surface area contributed by atoms with Crippen LogP contribution in [0, 0.1) is 25.0 Å². The molecule has 317 valence electrons. The number of hydrogen-bond acceptors (Lipinski definition) is 3. The smallest absolute Gasteiger partial charge is 0.123 e. The Kier molecular flexibility index (Phi) is 13.6. The number of benzene rings is 6. The summed E-state index contributed by atoms with van der Waals surface area (Å²) in [4.78, 5) is 9.93. The summed E-state index contributed by atoms with van der Waals surface area (Å²) in [5, 5.41) is 2.24. The van der Waals surface area contributed by atoms with Crippen LogP contribution in [-0.4, -0.2) is 27.8 Å². The Hall–Kier alpha value is -5.07. The number of hydrogen-bond donors (Lipinski definition) is 0. The fourth-order valence-electron chi connectivity index (χ4n) is 8.62. The van der Waals surface area contributed by atoms with Crippen LogP contribution in [0.5, 0.6) is 0 Å². The van der Waals surface area contributed by atoms with Crippen molar-refractivity contribution in [1.82, 2.24) is 14.5 Å². The van der Waals surface area contributed by atoms with Crippen LogP contribution in [0.15, 0.2) is 138 Å². The Morgan fingerprint density at radius 2 is 1.37 bits per heavy atom. The molecule has 0 atom stereocenters. The summed E-state index contributed by atoms with van der Waals surface area (Å²) in [7, 11) is 0. The van der Waals surface area contributed by atoms with Crippen molar-refractivity contribution in [3.8, 4) is 39.5 Å². The van der Waals surface area contributed by atoms with Gasteiger partial charge in [0.2, 0.25) is 0 Å². The Bertz CT molecular complexity index is 2940. The molecule has 4 nitrogen and oxygen atoms in total. The fraction of sp³-hybridized carbons (Fsp3) is 0.250. The van der Waals surface area contributed by atoms with Gasteiger partial charge >= 0.3 is 126 Å². The van der Waals surface area contributed by atoms with E-state index in [-0.39, 0.29) is 20.1 Å². The second-order valence-electron chi connectivity index (χ2n) is 18.5. The number of aromatic nitrogens is 3. The van der Waals surface area contributed by atoms with E-state index in [9.17, 15) is 0 Å². The Morgan fingerprint density at radius 3 is 2.03 bits per heavy atom. The first-order valence-electron chi connectivity index (χ1n) is 21.8. The molecule has 0 saturated heterocycles. The number of pyridine rings is 1. The normalized spacial score (nSPS) is 11.8. The molecular weight excluding hydrogens is 995 g/mol. The van der Waals surface area contributed by atoms with Crippen molar-refractivity contribution in [1.29, 1.82) is 0 Å². The van der Waals surface area contributed by atoms with Crippen LogP contribution in [-0.2, 0) is 26.5 Å². The first kappa shape index (κ1) is 45.0. The molecule has 6 heteroatoms. The first-order chi connectivity index (χ1) is 29.3. The maximum Gasteiger partial charge on any atom is 0.123 e. The summed E-state index contributed by atoms with van der Waals surface area (Å²) in [5.74, 6) is 9.49. The minimum absolute atomic E-state index is 0. The van der Waals surface area contributed by atoms with E-state index in [1.165, 1.54) is 33.5 Å². The van der Waals surface area contributed by atoms with Crippen molar-refractivity contribution in [3.05, 3.63) is 168 Å². The van der Waals surface area contributed by atoms with E-state index >= 15 is 0 Å². The summed E-state index contributed by atoms with van der Waals surface area (Å²) < 4.78 is 10.2. The third-order valence-electron chi connectivity index (χ3n) is 11.6. The topological polar surface area (TPSA) is 43.9 Å². The van der Waals surface area contributed by atoms with Crippen LogP contribution in [0.3, 0.4) is 0 Å². The third-order valence-corrected chi connectivity index (χ3v) is 15.9. The molecular formula is C56H57GeIrN3O-2. The van der Waals surface area contributed by atoms with Crippen LogP contribution in [0.2, 0.25) is 17.3 Å². The molecule has 3 aromatic heterocycles. The van der Waals surface area contributed by atoms with Gasteiger partial charge in [0.25, 0.3) is 0 Å². The van der Waals surface area contributed by atoms with Gasteiger partial charge in [-0.25, -0.2) is 0 Å². The van der Waals surface area contributed by atoms with Crippen molar-refractivity contribution in [2.24, 2.45) is 5.92 Å². The average molecular weight is 1050 g/mol. The van der Waals surface area contributed by atoms with Crippen molar-refractivity contribution in [3.63, 3.8) is 0 Å². The molecule has 6 aromatic carbocycles. The molecule has 0 spiro atoms. The molecule has 0 bridgehead atoms. The summed E-state index contributed by atoms with van der Waals surface area (Å²) in [5.41, 5.74) is 15.8. The third kappa shape index (κ3) is 9.18. The van der Waals surface area contributed by atoms with E-state index in [2.05, 4.69) is 186 Å². The van der Waals surface area contributed by atoms with Gasteiger partial charge in [-0.1, -0.05) is 107 Å². The first-order valence-corrected chi connectivity index (χ1v) is 29.1. The Labute approximate surface area is 384 Å². The summed E-state index contributed by atoms with van der Waals surface area (Å²) in [6, 6.07) is 51.6. The Balaban J connectivity index is 0.000000233. The summed E-state index contributed by atoms with van der Waals surface area (Å²) in [6.45, 7) is 15.9. The van der Waals surface area contributed by atoms with Crippen LogP contribution < -0.4 is 4.40 Å². The zero-order chi connectivity index (χ0) is 43.0. The standard InChI is InChI=1S/C38H33N2O.C18H24GeN.Ir/c1-23(2)30-20-27(26-13-7-6-8-14-26)21-31(24(3)4)37(30)40-33-17-11-10-16-32(33)39-38(40)28-19-25(5)36-29-15-9-12-18-34(29)41-35(36)22-28;1-14(2)11-16-12-18(15-9-7-6-8-10-15)20-13-17(16)19(3,4)5;/h6-21,23-24H,1-5H3;6-9,12-14H,11H2,1-5H3;/q2*-1;. The van der Waals surface area contributed by atoms with E-state index in [1.807, 2.05) is 30.3 Å². The SMILES string of the molecule is CC(C)Cc1cc(-c2[c-]cccc2)nc[c]1[Ge]([CH3])([CH3])[CH3].Cc1cc(-c2nc3ccccc3n2-c2c(C(C)C)cc(-c3ccccc3)cc2C(C)C)[c-]c2oc3ccccc3c12.[Ir]. The molecule has 9 aromatic rings. The predicted octanol–water partition coefficient (Wildman–Crippen LogP) is 14.9. The quantitative estimate of drug-likeness (QED) is 0.107. The molecule has 0 unspecified atom stereocenters. The number of para-hydroxylation sites is 3. The minimum Gasteiger partial charge on any atom is -0.477 e. The van der Waals surface area contributed by atoms with Crippen molar-refractivity contribution >= 4 is 50.6 Å².